The summed E-state index contributed by atoms with van der Waals surface area (Å²) in [7, 11) is 0. The SMILES string of the molecule is CCCCN1CCC(CCN)C1(C)C. The molecule has 1 heterocycles. The molecule has 14 heavy (non-hydrogen) atoms. The molecule has 1 fully saturated rings. The Balaban J connectivity index is 2.47. The van der Waals surface area contributed by atoms with Gasteiger partial charge in [0.2, 0.25) is 0 Å². The van der Waals surface area contributed by atoms with Crippen LogP contribution in [0.1, 0.15) is 46.5 Å². The van der Waals surface area contributed by atoms with Crippen LogP contribution in [0.4, 0.5) is 0 Å². The Labute approximate surface area is 88.8 Å². The maximum Gasteiger partial charge on any atom is 0.0182 e. The van der Waals surface area contributed by atoms with Gasteiger partial charge in [0.15, 0.2) is 0 Å². The minimum absolute atomic E-state index is 0.383. The molecule has 0 spiro atoms. The second kappa shape index (κ2) is 5.13. The average molecular weight is 198 g/mol. The summed E-state index contributed by atoms with van der Waals surface area (Å²) in [6.07, 6.45) is 5.16. The van der Waals surface area contributed by atoms with Gasteiger partial charge in [0.05, 0.1) is 0 Å². The fraction of sp³-hybridized carbons (Fsp3) is 1.00. The minimum atomic E-state index is 0.383. The molecule has 1 unspecified atom stereocenters. The first kappa shape index (κ1) is 12.0. The van der Waals surface area contributed by atoms with Crippen molar-refractivity contribution in [1.82, 2.24) is 4.90 Å². The molecular weight excluding hydrogens is 172 g/mol. The van der Waals surface area contributed by atoms with Crippen LogP contribution in [0.25, 0.3) is 0 Å². The number of nitrogens with two attached hydrogens (primary N) is 1. The van der Waals surface area contributed by atoms with Gasteiger partial charge in [-0.3, -0.25) is 4.90 Å². The third-order valence-electron chi connectivity index (χ3n) is 3.86. The van der Waals surface area contributed by atoms with Crippen LogP contribution in [0, 0.1) is 5.92 Å². The Kier molecular flexibility index (Phi) is 4.39. The number of hydrogen-bond donors (Lipinski definition) is 1. The lowest BCUT2D eigenvalue weighted by molar-refractivity contribution is 0.133. The van der Waals surface area contributed by atoms with Crippen LogP contribution in [0.3, 0.4) is 0 Å². The Morgan fingerprint density at radius 1 is 1.43 bits per heavy atom. The molecule has 0 aromatic rings. The first-order valence-corrected chi connectivity index (χ1v) is 6.08. The van der Waals surface area contributed by atoms with Gasteiger partial charge in [0, 0.05) is 5.54 Å². The van der Waals surface area contributed by atoms with Crippen LogP contribution in [-0.2, 0) is 0 Å². The summed E-state index contributed by atoms with van der Waals surface area (Å²) in [5.74, 6) is 0.810. The van der Waals surface area contributed by atoms with Gasteiger partial charge in [-0.2, -0.15) is 0 Å². The normalized spacial score (nSPS) is 27.0. The Hall–Kier alpha value is -0.0800. The van der Waals surface area contributed by atoms with Crippen LogP contribution in [0.2, 0.25) is 0 Å². The molecule has 0 bridgehead atoms. The molecule has 2 heteroatoms. The molecule has 0 amide bonds. The van der Waals surface area contributed by atoms with Gasteiger partial charge in [-0.05, 0) is 58.7 Å². The predicted molar refractivity (Wildman–Crippen MR) is 62.3 cm³/mol. The predicted octanol–water partition coefficient (Wildman–Crippen LogP) is 2.24. The highest BCUT2D eigenvalue weighted by Crippen LogP contribution is 2.36. The van der Waals surface area contributed by atoms with E-state index in [1.54, 1.807) is 0 Å². The molecule has 0 aromatic heterocycles. The summed E-state index contributed by atoms with van der Waals surface area (Å²) in [5.41, 5.74) is 6.04. The first-order chi connectivity index (χ1) is 6.62. The second-order valence-electron chi connectivity index (χ2n) is 5.06. The molecule has 0 saturated carbocycles. The smallest absolute Gasteiger partial charge is 0.0182 e. The topological polar surface area (TPSA) is 29.3 Å². The zero-order valence-electron chi connectivity index (χ0n) is 10.1. The second-order valence-corrected chi connectivity index (χ2v) is 5.06. The Bertz CT molecular complexity index is 166. The van der Waals surface area contributed by atoms with E-state index in [-0.39, 0.29) is 0 Å². The molecule has 2 N–H and O–H groups in total. The summed E-state index contributed by atoms with van der Waals surface area (Å²) >= 11 is 0. The highest BCUT2D eigenvalue weighted by molar-refractivity contribution is 4.94. The third kappa shape index (κ3) is 2.48. The molecule has 0 aromatic carbocycles. The Morgan fingerprint density at radius 2 is 2.14 bits per heavy atom. The quantitative estimate of drug-likeness (QED) is 0.734. The summed E-state index contributed by atoms with van der Waals surface area (Å²) in [6, 6.07) is 0. The summed E-state index contributed by atoms with van der Waals surface area (Å²) in [4.78, 5) is 2.65. The highest BCUT2D eigenvalue weighted by Gasteiger charge is 2.39. The lowest BCUT2D eigenvalue weighted by Gasteiger charge is -2.36. The maximum atomic E-state index is 5.66. The molecule has 1 aliphatic heterocycles. The molecule has 84 valence electrons. The molecule has 1 rings (SSSR count). The maximum absolute atomic E-state index is 5.66. The van der Waals surface area contributed by atoms with Crippen molar-refractivity contribution < 1.29 is 0 Å². The molecule has 1 atom stereocenters. The van der Waals surface area contributed by atoms with Crippen LogP contribution in [0.15, 0.2) is 0 Å². The fourth-order valence-electron chi connectivity index (χ4n) is 2.66. The van der Waals surface area contributed by atoms with Gasteiger partial charge >= 0.3 is 0 Å². The number of likely N-dealkylation sites (tertiary alicyclic amines) is 1. The Morgan fingerprint density at radius 3 is 2.71 bits per heavy atom. The van der Waals surface area contributed by atoms with Crippen molar-refractivity contribution in [2.45, 2.75) is 52.0 Å². The average Bonchev–Trinajstić information content (AvgIpc) is 2.41. The van der Waals surface area contributed by atoms with Crippen LogP contribution in [-0.4, -0.2) is 30.1 Å². The number of unbranched alkanes of at least 4 members (excludes halogenated alkanes) is 1. The van der Waals surface area contributed by atoms with Gasteiger partial charge < -0.3 is 5.73 Å². The van der Waals surface area contributed by atoms with Crippen molar-refractivity contribution in [1.29, 1.82) is 0 Å². The van der Waals surface area contributed by atoms with Gasteiger partial charge in [0.25, 0.3) is 0 Å². The van der Waals surface area contributed by atoms with Crippen molar-refractivity contribution in [2.75, 3.05) is 19.6 Å². The standard InChI is InChI=1S/C12H26N2/c1-4-5-9-14-10-7-11(6-8-13)12(14,2)3/h11H,4-10,13H2,1-3H3. The largest absolute Gasteiger partial charge is 0.330 e. The fourth-order valence-corrected chi connectivity index (χ4v) is 2.66. The minimum Gasteiger partial charge on any atom is -0.330 e. The first-order valence-electron chi connectivity index (χ1n) is 6.08. The van der Waals surface area contributed by atoms with E-state index in [1.165, 1.54) is 38.8 Å². The molecule has 0 aliphatic carbocycles. The van der Waals surface area contributed by atoms with E-state index in [4.69, 9.17) is 5.73 Å². The van der Waals surface area contributed by atoms with E-state index in [0.29, 0.717) is 5.54 Å². The lowest BCUT2D eigenvalue weighted by Crippen LogP contribution is -2.43. The van der Waals surface area contributed by atoms with Crippen LogP contribution >= 0.6 is 0 Å². The van der Waals surface area contributed by atoms with E-state index in [0.717, 1.165) is 12.5 Å². The van der Waals surface area contributed by atoms with Crippen molar-refractivity contribution >= 4 is 0 Å². The van der Waals surface area contributed by atoms with Crippen molar-refractivity contribution in [3.8, 4) is 0 Å². The highest BCUT2D eigenvalue weighted by atomic mass is 15.2. The number of hydrogen-bond acceptors (Lipinski definition) is 2. The van der Waals surface area contributed by atoms with Crippen molar-refractivity contribution in [2.24, 2.45) is 11.7 Å². The van der Waals surface area contributed by atoms with Gasteiger partial charge in [-0.1, -0.05) is 13.3 Å². The number of rotatable bonds is 5. The molecule has 1 saturated heterocycles. The summed E-state index contributed by atoms with van der Waals surface area (Å²) < 4.78 is 0. The summed E-state index contributed by atoms with van der Waals surface area (Å²) in [5, 5.41) is 0. The van der Waals surface area contributed by atoms with E-state index in [1.807, 2.05) is 0 Å². The van der Waals surface area contributed by atoms with Crippen molar-refractivity contribution in [3.63, 3.8) is 0 Å². The van der Waals surface area contributed by atoms with E-state index >= 15 is 0 Å². The zero-order valence-corrected chi connectivity index (χ0v) is 10.1. The zero-order chi connectivity index (χ0) is 10.6. The molecule has 2 nitrogen and oxygen atoms in total. The summed E-state index contributed by atoms with van der Waals surface area (Å²) in [6.45, 7) is 10.4. The van der Waals surface area contributed by atoms with Gasteiger partial charge in [-0.15, -0.1) is 0 Å². The van der Waals surface area contributed by atoms with E-state index in [2.05, 4.69) is 25.7 Å². The lowest BCUT2D eigenvalue weighted by atomic mass is 9.86. The van der Waals surface area contributed by atoms with Crippen molar-refractivity contribution in [3.05, 3.63) is 0 Å². The molecule has 1 aliphatic rings. The van der Waals surface area contributed by atoms with Gasteiger partial charge in [0.1, 0.15) is 0 Å². The van der Waals surface area contributed by atoms with Crippen LogP contribution in [0.5, 0.6) is 0 Å². The van der Waals surface area contributed by atoms with Gasteiger partial charge in [-0.25, -0.2) is 0 Å². The third-order valence-corrected chi connectivity index (χ3v) is 3.86. The molecule has 0 radical (unpaired) electrons. The van der Waals surface area contributed by atoms with Crippen LogP contribution < -0.4 is 5.73 Å². The number of nitrogens with zero attached hydrogens (tertiary/aromatic N) is 1. The monoisotopic (exact) mass is 198 g/mol. The van der Waals surface area contributed by atoms with E-state index in [9.17, 15) is 0 Å². The molecular formula is C12H26N2. The van der Waals surface area contributed by atoms with E-state index < -0.39 is 0 Å².